The van der Waals surface area contributed by atoms with E-state index in [0.717, 1.165) is 80.8 Å². The maximum atomic E-state index is 10.5. The molecule has 8 heteroatoms. The predicted molar refractivity (Wildman–Crippen MR) is 165 cm³/mol. The van der Waals surface area contributed by atoms with E-state index in [1.54, 1.807) is 6.07 Å². The van der Waals surface area contributed by atoms with Crippen LogP contribution in [-0.2, 0) is 0 Å². The summed E-state index contributed by atoms with van der Waals surface area (Å²) in [5.74, 6) is 0.0993. The molecule has 3 aromatic carbocycles. The average molecular weight is 520 g/mol. The standard InChI is InChI=1S/C30H45N7O/c1-5-36(6-2)19-17-32-23-9-13-25(14-10-23)34-28-22-29(30(38)21-27(28)31)35-26-15-11-24(12-16-26)33-18-20-37(7-3)8-4/h9-16,21-22,32-35,38H,5-8,17-20,31H2,1-4H3. The topological polar surface area (TPSA) is 101 Å². The Morgan fingerprint density at radius 2 is 1.00 bits per heavy atom. The molecule has 0 radical (unpaired) electrons. The van der Waals surface area contributed by atoms with Gasteiger partial charge in [-0.15, -0.1) is 0 Å². The number of nitrogen functional groups attached to an aromatic ring is 1. The zero-order valence-electron chi connectivity index (χ0n) is 23.3. The first-order valence-corrected chi connectivity index (χ1v) is 13.7. The Hall–Kier alpha value is -3.62. The second-order valence-corrected chi connectivity index (χ2v) is 9.27. The lowest BCUT2D eigenvalue weighted by Crippen LogP contribution is -2.28. The fourth-order valence-electron chi connectivity index (χ4n) is 4.26. The van der Waals surface area contributed by atoms with Gasteiger partial charge in [0.2, 0.25) is 0 Å². The van der Waals surface area contributed by atoms with Gasteiger partial charge in [0.25, 0.3) is 0 Å². The SMILES string of the molecule is CCN(CC)CCNc1ccc(Nc2cc(Nc3ccc(NCCN(CC)CC)cc3)c(O)cc2N)cc1. The molecule has 38 heavy (non-hydrogen) atoms. The van der Waals surface area contributed by atoms with E-state index < -0.39 is 0 Å². The minimum Gasteiger partial charge on any atom is -0.506 e. The Bertz CT molecular complexity index is 1010. The maximum Gasteiger partial charge on any atom is 0.141 e. The molecule has 0 bridgehead atoms. The van der Waals surface area contributed by atoms with Crippen LogP contribution in [0.2, 0.25) is 0 Å². The molecule has 3 aromatic rings. The van der Waals surface area contributed by atoms with Gasteiger partial charge in [-0.05, 0) is 80.8 Å². The largest absolute Gasteiger partial charge is 0.506 e. The van der Waals surface area contributed by atoms with Crippen LogP contribution in [0.3, 0.4) is 0 Å². The number of nitrogens with zero attached hydrogens (tertiary/aromatic N) is 2. The Balaban J connectivity index is 1.58. The van der Waals surface area contributed by atoms with Gasteiger partial charge >= 0.3 is 0 Å². The van der Waals surface area contributed by atoms with E-state index in [1.807, 2.05) is 42.5 Å². The van der Waals surface area contributed by atoms with Crippen molar-refractivity contribution in [3.63, 3.8) is 0 Å². The molecule has 0 atom stereocenters. The molecule has 7 N–H and O–H groups in total. The van der Waals surface area contributed by atoms with Crippen molar-refractivity contribution in [1.82, 2.24) is 9.80 Å². The van der Waals surface area contributed by atoms with E-state index in [9.17, 15) is 5.11 Å². The Labute approximate surface area is 228 Å². The van der Waals surface area contributed by atoms with E-state index in [2.05, 4.69) is 70.9 Å². The lowest BCUT2D eigenvalue weighted by Gasteiger charge is -2.19. The van der Waals surface area contributed by atoms with Crippen molar-refractivity contribution in [2.75, 3.05) is 79.4 Å². The van der Waals surface area contributed by atoms with Crippen LogP contribution in [-0.4, -0.2) is 67.3 Å². The van der Waals surface area contributed by atoms with E-state index in [-0.39, 0.29) is 5.75 Å². The normalized spacial score (nSPS) is 11.1. The molecule has 0 unspecified atom stereocenters. The summed E-state index contributed by atoms with van der Waals surface area (Å²) in [6.07, 6.45) is 0. The lowest BCUT2D eigenvalue weighted by molar-refractivity contribution is 0.316. The first-order valence-electron chi connectivity index (χ1n) is 13.7. The van der Waals surface area contributed by atoms with Crippen LogP contribution in [0.25, 0.3) is 0 Å². The molecule has 3 rings (SSSR count). The van der Waals surface area contributed by atoms with E-state index in [0.29, 0.717) is 11.4 Å². The molecular formula is C30H45N7O. The third kappa shape index (κ3) is 8.75. The number of aromatic hydroxyl groups is 1. The molecule has 0 heterocycles. The molecular weight excluding hydrogens is 474 g/mol. The highest BCUT2D eigenvalue weighted by Crippen LogP contribution is 2.36. The number of nitrogens with one attached hydrogen (secondary N) is 4. The predicted octanol–water partition coefficient (Wildman–Crippen LogP) is 5.97. The van der Waals surface area contributed by atoms with Gasteiger partial charge in [0.15, 0.2) is 0 Å². The fourth-order valence-corrected chi connectivity index (χ4v) is 4.26. The third-order valence-electron chi connectivity index (χ3n) is 6.80. The first-order chi connectivity index (χ1) is 18.4. The van der Waals surface area contributed by atoms with Crippen LogP contribution in [0, 0.1) is 0 Å². The monoisotopic (exact) mass is 519 g/mol. The number of phenolic OH excluding ortho intramolecular Hbond substituents is 1. The number of rotatable bonds is 16. The number of hydrogen-bond donors (Lipinski definition) is 6. The van der Waals surface area contributed by atoms with Crippen molar-refractivity contribution in [1.29, 1.82) is 0 Å². The summed E-state index contributed by atoms with van der Waals surface area (Å²) in [6.45, 7) is 16.8. The molecule has 0 amide bonds. The number of hydrogen-bond acceptors (Lipinski definition) is 8. The van der Waals surface area contributed by atoms with Crippen molar-refractivity contribution in [3.05, 3.63) is 60.7 Å². The van der Waals surface area contributed by atoms with Gasteiger partial charge in [-0.3, -0.25) is 0 Å². The molecule has 0 aliphatic heterocycles. The number of phenols is 1. The molecule has 8 nitrogen and oxygen atoms in total. The summed E-state index contributed by atoms with van der Waals surface area (Å²) in [7, 11) is 0. The van der Waals surface area contributed by atoms with Crippen LogP contribution in [0.4, 0.5) is 39.8 Å². The molecule has 0 aromatic heterocycles. The number of benzene rings is 3. The Morgan fingerprint density at radius 3 is 1.42 bits per heavy atom. The van der Waals surface area contributed by atoms with Gasteiger partial charge in [0.1, 0.15) is 5.75 Å². The summed E-state index contributed by atoms with van der Waals surface area (Å²) in [4.78, 5) is 4.78. The Kier molecular flexibility index (Phi) is 11.4. The van der Waals surface area contributed by atoms with Gasteiger partial charge in [-0.1, -0.05) is 27.7 Å². The number of anilines is 7. The van der Waals surface area contributed by atoms with Crippen LogP contribution in [0.1, 0.15) is 27.7 Å². The zero-order valence-corrected chi connectivity index (χ0v) is 23.3. The van der Waals surface area contributed by atoms with Crippen LogP contribution in [0.5, 0.6) is 5.75 Å². The highest BCUT2D eigenvalue weighted by atomic mass is 16.3. The Morgan fingerprint density at radius 1 is 0.605 bits per heavy atom. The van der Waals surface area contributed by atoms with Gasteiger partial charge < -0.3 is 41.9 Å². The smallest absolute Gasteiger partial charge is 0.141 e. The highest BCUT2D eigenvalue weighted by molar-refractivity contribution is 5.82. The highest BCUT2D eigenvalue weighted by Gasteiger charge is 2.09. The number of nitrogens with two attached hydrogens (primary N) is 1. The van der Waals surface area contributed by atoms with Crippen LogP contribution >= 0.6 is 0 Å². The molecule has 0 fully saturated rings. The van der Waals surface area contributed by atoms with Gasteiger partial charge in [-0.25, -0.2) is 0 Å². The second kappa shape index (κ2) is 15.0. The lowest BCUT2D eigenvalue weighted by atomic mass is 10.2. The van der Waals surface area contributed by atoms with Crippen molar-refractivity contribution in [2.24, 2.45) is 0 Å². The van der Waals surface area contributed by atoms with Crippen LogP contribution < -0.4 is 27.0 Å². The number of likely N-dealkylation sites (N-methyl/N-ethyl adjacent to an activating group) is 2. The molecule has 0 saturated heterocycles. The van der Waals surface area contributed by atoms with E-state index in [4.69, 9.17) is 5.73 Å². The maximum absolute atomic E-state index is 10.5. The molecule has 0 aliphatic rings. The minimum atomic E-state index is 0.0993. The van der Waals surface area contributed by atoms with E-state index >= 15 is 0 Å². The summed E-state index contributed by atoms with van der Waals surface area (Å²) in [6, 6.07) is 19.6. The molecule has 0 spiro atoms. The summed E-state index contributed by atoms with van der Waals surface area (Å²) < 4.78 is 0. The van der Waals surface area contributed by atoms with Crippen LogP contribution in [0.15, 0.2) is 60.7 Å². The van der Waals surface area contributed by atoms with Crippen molar-refractivity contribution >= 4 is 39.8 Å². The summed E-state index contributed by atoms with van der Waals surface area (Å²) in [5, 5.41) is 24.1. The van der Waals surface area contributed by atoms with Crippen molar-refractivity contribution in [2.45, 2.75) is 27.7 Å². The van der Waals surface area contributed by atoms with E-state index in [1.165, 1.54) is 0 Å². The summed E-state index contributed by atoms with van der Waals surface area (Å²) in [5.41, 5.74) is 11.9. The fraction of sp³-hybridized carbons (Fsp3) is 0.400. The second-order valence-electron chi connectivity index (χ2n) is 9.27. The minimum absolute atomic E-state index is 0.0993. The first kappa shape index (κ1) is 28.9. The average Bonchev–Trinajstić information content (AvgIpc) is 2.93. The molecule has 0 saturated carbocycles. The van der Waals surface area contributed by atoms with Gasteiger partial charge in [-0.2, -0.15) is 0 Å². The van der Waals surface area contributed by atoms with Crippen molar-refractivity contribution in [3.8, 4) is 5.75 Å². The quantitative estimate of drug-likeness (QED) is 0.0782. The van der Waals surface area contributed by atoms with Gasteiger partial charge in [0, 0.05) is 55.0 Å². The van der Waals surface area contributed by atoms with Crippen molar-refractivity contribution < 1.29 is 5.11 Å². The molecule has 206 valence electrons. The summed E-state index contributed by atoms with van der Waals surface area (Å²) >= 11 is 0. The third-order valence-corrected chi connectivity index (χ3v) is 6.80. The molecule has 0 aliphatic carbocycles. The zero-order chi connectivity index (χ0) is 27.3. The van der Waals surface area contributed by atoms with Gasteiger partial charge in [0.05, 0.1) is 17.1 Å².